The van der Waals surface area contributed by atoms with E-state index in [1.165, 1.54) is 4.90 Å². The van der Waals surface area contributed by atoms with Crippen molar-refractivity contribution in [2.24, 2.45) is 11.8 Å². The zero-order valence-electron chi connectivity index (χ0n) is 11.8. The first-order valence-electron chi connectivity index (χ1n) is 6.55. The van der Waals surface area contributed by atoms with Crippen molar-refractivity contribution >= 4 is 17.5 Å². The lowest BCUT2D eigenvalue weighted by Crippen LogP contribution is -2.30. The average Bonchev–Trinajstić information content (AvgIpc) is 2.62. The van der Waals surface area contributed by atoms with Gasteiger partial charge in [-0.2, -0.15) is 0 Å². The molecule has 0 radical (unpaired) electrons. The van der Waals surface area contributed by atoms with Crippen LogP contribution in [0.4, 0.5) is 5.69 Å². The van der Waals surface area contributed by atoms with Crippen LogP contribution in [0.1, 0.15) is 25.0 Å². The van der Waals surface area contributed by atoms with Crippen molar-refractivity contribution in [1.29, 1.82) is 0 Å². The molecule has 0 bridgehead atoms. The topological polar surface area (TPSA) is 57.6 Å². The van der Waals surface area contributed by atoms with Crippen molar-refractivity contribution in [2.75, 3.05) is 11.5 Å². The summed E-state index contributed by atoms with van der Waals surface area (Å²) in [6, 6.07) is 5.26. The third kappa shape index (κ3) is 2.33. The largest absolute Gasteiger partial charge is 0.384 e. The molecule has 4 heteroatoms. The molecule has 1 aromatic rings. The van der Waals surface area contributed by atoms with Gasteiger partial charge in [-0.1, -0.05) is 25.7 Å². The molecule has 1 N–H and O–H groups in total. The van der Waals surface area contributed by atoms with Crippen LogP contribution in [0.2, 0.25) is 0 Å². The second-order valence-electron chi connectivity index (χ2n) is 5.05. The van der Waals surface area contributed by atoms with E-state index in [1.54, 1.807) is 32.0 Å². The molecule has 1 aromatic carbocycles. The first-order valence-corrected chi connectivity index (χ1v) is 6.55. The van der Waals surface area contributed by atoms with Crippen LogP contribution in [0.25, 0.3) is 0 Å². The molecule has 0 spiro atoms. The van der Waals surface area contributed by atoms with E-state index in [1.807, 2.05) is 6.92 Å². The second-order valence-corrected chi connectivity index (χ2v) is 5.05. The molecule has 2 rings (SSSR count). The average molecular weight is 271 g/mol. The van der Waals surface area contributed by atoms with E-state index >= 15 is 0 Å². The zero-order chi connectivity index (χ0) is 14.9. The van der Waals surface area contributed by atoms with E-state index in [4.69, 9.17) is 5.11 Å². The lowest BCUT2D eigenvalue weighted by molar-refractivity contribution is -0.122. The minimum absolute atomic E-state index is 0.156. The van der Waals surface area contributed by atoms with E-state index in [0.29, 0.717) is 5.69 Å². The number of aryl methyl sites for hydroxylation is 1. The first-order chi connectivity index (χ1) is 9.47. The van der Waals surface area contributed by atoms with E-state index < -0.39 is 0 Å². The summed E-state index contributed by atoms with van der Waals surface area (Å²) in [7, 11) is 0. The van der Waals surface area contributed by atoms with Gasteiger partial charge in [0.15, 0.2) is 0 Å². The van der Waals surface area contributed by atoms with Crippen LogP contribution in [-0.2, 0) is 9.59 Å². The number of benzene rings is 1. The smallest absolute Gasteiger partial charge is 0.237 e. The van der Waals surface area contributed by atoms with E-state index in [0.717, 1.165) is 11.1 Å². The van der Waals surface area contributed by atoms with E-state index in [2.05, 4.69) is 11.8 Å². The van der Waals surface area contributed by atoms with Crippen LogP contribution in [0, 0.1) is 30.6 Å². The quantitative estimate of drug-likeness (QED) is 0.622. The summed E-state index contributed by atoms with van der Waals surface area (Å²) < 4.78 is 0. The molecule has 0 saturated carbocycles. The van der Waals surface area contributed by atoms with Gasteiger partial charge in [0.1, 0.15) is 6.61 Å². The van der Waals surface area contributed by atoms with Crippen molar-refractivity contribution in [1.82, 2.24) is 0 Å². The summed E-state index contributed by atoms with van der Waals surface area (Å²) in [5, 5.41) is 8.70. The molecule has 0 aliphatic carbocycles. The molecule has 2 atom stereocenters. The van der Waals surface area contributed by atoms with Crippen molar-refractivity contribution in [2.45, 2.75) is 20.8 Å². The summed E-state index contributed by atoms with van der Waals surface area (Å²) >= 11 is 0. The molecule has 0 aromatic heterocycles. The minimum atomic E-state index is -0.281. The van der Waals surface area contributed by atoms with Gasteiger partial charge in [0.2, 0.25) is 11.8 Å². The molecule has 1 heterocycles. The van der Waals surface area contributed by atoms with Crippen LogP contribution in [-0.4, -0.2) is 23.5 Å². The Labute approximate surface area is 118 Å². The third-order valence-corrected chi connectivity index (χ3v) is 3.74. The summed E-state index contributed by atoms with van der Waals surface area (Å²) in [4.78, 5) is 25.5. The molecule has 20 heavy (non-hydrogen) atoms. The molecule has 2 amide bonds. The van der Waals surface area contributed by atoms with Gasteiger partial charge in [0.05, 0.1) is 5.69 Å². The number of carbonyl (C=O) groups excluding carboxylic acids is 2. The fourth-order valence-corrected chi connectivity index (χ4v) is 2.26. The standard InChI is InChI=1S/C16H17NO3/c1-10-9-14(7-6-13(10)5-4-8-18)17-15(19)11(2)12(3)16(17)20/h6-7,9,11-12,18H,8H2,1-3H3. The number of hydrogen-bond acceptors (Lipinski definition) is 3. The fraction of sp³-hybridized carbons (Fsp3) is 0.375. The Hall–Kier alpha value is -2.12. The Balaban J connectivity index is 2.38. The fourth-order valence-electron chi connectivity index (χ4n) is 2.26. The van der Waals surface area contributed by atoms with Gasteiger partial charge >= 0.3 is 0 Å². The van der Waals surface area contributed by atoms with Gasteiger partial charge in [-0.25, -0.2) is 0 Å². The summed E-state index contributed by atoms with van der Waals surface area (Å²) in [6.45, 7) is 5.22. The Morgan fingerprint density at radius 3 is 2.30 bits per heavy atom. The monoisotopic (exact) mass is 271 g/mol. The number of aliphatic hydroxyl groups excluding tert-OH is 1. The molecule has 1 saturated heterocycles. The maximum atomic E-state index is 12.1. The highest BCUT2D eigenvalue weighted by Crippen LogP contribution is 2.31. The molecule has 1 fully saturated rings. The number of amides is 2. The van der Waals surface area contributed by atoms with Crippen LogP contribution < -0.4 is 4.90 Å². The highest BCUT2D eigenvalue weighted by Gasteiger charge is 2.43. The number of rotatable bonds is 1. The first kappa shape index (κ1) is 14.3. The molecule has 4 nitrogen and oxygen atoms in total. The summed E-state index contributed by atoms with van der Waals surface area (Å²) in [6.07, 6.45) is 0. The molecular formula is C16H17NO3. The van der Waals surface area contributed by atoms with Crippen molar-refractivity contribution < 1.29 is 14.7 Å². The van der Waals surface area contributed by atoms with Crippen LogP contribution >= 0.6 is 0 Å². The Bertz CT molecular complexity index is 604. The van der Waals surface area contributed by atoms with Crippen molar-refractivity contribution in [3.05, 3.63) is 29.3 Å². The van der Waals surface area contributed by atoms with E-state index in [9.17, 15) is 9.59 Å². The number of aliphatic hydroxyl groups is 1. The van der Waals surface area contributed by atoms with Gasteiger partial charge in [-0.05, 0) is 30.7 Å². The van der Waals surface area contributed by atoms with Gasteiger partial charge in [-0.3, -0.25) is 14.5 Å². The Morgan fingerprint density at radius 1 is 1.20 bits per heavy atom. The second kappa shape index (κ2) is 5.48. The number of hydrogen-bond donors (Lipinski definition) is 1. The lowest BCUT2D eigenvalue weighted by atomic mass is 10.00. The molecule has 1 aliphatic rings. The Morgan fingerprint density at radius 2 is 1.80 bits per heavy atom. The number of carbonyl (C=O) groups is 2. The highest BCUT2D eigenvalue weighted by molar-refractivity contribution is 6.21. The molecule has 2 unspecified atom stereocenters. The molecule has 104 valence electrons. The van der Waals surface area contributed by atoms with Crippen LogP contribution in [0.15, 0.2) is 18.2 Å². The normalized spacial score (nSPS) is 21.9. The van der Waals surface area contributed by atoms with Gasteiger partial charge in [0, 0.05) is 17.4 Å². The predicted octanol–water partition coefficient (Wildman–Crippen LogP) is 1.48. The van der Waals surface area contributed by atoms with Gasteiger partial charge in [-0.15, -0.1) is 0 Å². The van der Waals surface area contributed by atoms with Crippen molar-refractivity contribution in [3.63, 3.8) is 0 Å². The minimum Gasteiger partial charge on any atom is -0.384 e. The third-order valence-electron chi connectivity index (χ3n) is 3.74. The maximum absolute atomic E-state index is 12.1. The summed E-state index contributed by atoms with van der Waals surface area (Å²) in [5.41, 5.74) is 2.24. The predicted molar refractivity (Wildman–Crippen MR) is 76.0 cm³/mol. The number of nitrogens with zero attached hydrogens (tertiary/aromatic N) is 1. The zero-order valence-corrected chi connectivity index (χ0v) is 11.8. The number of imide groups is 1. The highest BCUT2D eigenvalue weighted by atomic mass is 16.2. The summed E-state index contributed by atoms with van der Waals surface area (Å²) in [5.74, 6) is 4.54. The molecular weight excluding hydrogens is 254 g/mol. The number of anilines is 1. The van der Waals surface area contributed by atoms with Crippen LogP contribution in [0.5, 0.6) is 0 Å². The maximum Gasteiger partial charge on any atom is 0.237 e. The van der Waals surface area contributed by atoms with E-state index in [-0.39, 0.29) is 30.3 Å². The van der Waals surface area contributed by atoms with Gasteiger partial charge in [0.25, 0.3) is 0 Å². The van der Waals surface area contributed by atoms with Gasteiger partial charge < -0.3 is 5.11 Å². The Kier molecular flexibility index (Phi) is 3.91. The van der Waals surface area contributed by atoms with Crippen molar-refractivity contribution in [3.8, 4) is 11.8 Å². The molecule has 1 aliphatic heterocycles. The SMILES string of the molecule is Cc1cc(N2C(=O)C(C)C(C)C2=O)ccc1C#CCO. The lowest BCUT2D eigenvalue weighted by Gasteiger charge is -2.15. The van der Waals surface area contributed by atoms with Crippen LogP contribution in [0.3, 0.4) is 0 Å².